The molecule has 0 radical (unpaired) electrons. The SMILES string of the molecule is O=C(C=CNNCc1ccccc1)C(Cl)Cl. The van der Waals surface area contributed by atoms with Gasteiger partial charge in [-0.15, -0.1) is 0 Å². The van der Waals surface area contributed by atoms with Gasteiger partial charge in [0.15, 0.2) is 10.6 Å². The van der Waals surface area contributed by atoms with Gasteiger partial charge in [0.25, 0.3) is 0 Å². The first kappa shape index (κ1) is 13.0. The van der Waals surface area contributed by atoms with E-state index >= 15 is 0 Å². The van der Waals surface area contributed by atoms with E-state index in [1.165, 1.54) is 12.3 Å². The number of hydrogen-bond acceptors (Lipinski definition) is 3. The lowest BCUT2D eigenvalue weighted by molar-refractivity contribution is -0.113. The zero-order valence-corrected chi connectivity index (χ0v) is 10.0. The van der Waals surface area contributed by atoms with Crippen molar-refractivity contribution < 1.29 is 4.79 Å². The highest BCUT2D eigenvalue weighted by molar-refractivity contribution is 6.54. The second-order valence-corrected chi connectivity index (χ2v) is 4.12. The number of halogens is 2. The van der Waals surface area contributed by atoms with E-state index in [0.717, 1.165) is 5.56 Å². The number of hydrazine groups is 1. The van der Waals surface area contributed by atoms with Gasteiger partial charge < -0.3 is 5.43 Å². The number of rotatable bonds is 6. The molecule has 0 heterocycles. The number of nitrogens with one attached hydrogen (secondary N) is 2. The number of benzene rings is 1. The van der Waals surface area contributed by atoms with Crippen LogP contribution in [0.2, 0.25) is 0 Å². The van der Waals surface area contributed by atoms with Crippen molar-refractivity contribution in [3.63, 3.8) is 0 Å². The van der Waals surface area contributed by atoms with Crippen molar-refractivity contribution in [3.05, 3.63) is 48.2 Å². The van der Waals surface area contributed by atoms with Gasteiger partial charge >= 0.3 is 0 Å². The molecule has 0 saturated heterocycles. The Kier molecular flexibility index (Phi) is 5.93. The number of carbonyl (C=O) groups excluding carboxylic acids is 1. The minimum absolute atomic E-state index is 0.350. The third-order valence-electron chi connectivity index (χ3n) is 1.78. The highest BCUT2D eigenvalue weighted by Crippen LogP contribution is 2.02. The zero-order valence-electron chi connectivity index (χ0n) is 8.49. The van der Waals surface area contributed by atoms with Crippen LogP contribution in [-0.2, 0) is 11.3 Å². The van der Waals surface area contributed by atoms with Gasteiger partial charge in [0.1, 0.15) is 0 Å². The molecular weight excluding hydrogens is 247 g/mol. The number of ketones is 1. The Bertz CT molecular complexity index is 352. The van der Waals surface area contributed by atoms with Gasteiger partial charge in [-0.1, -0.05) is 53.5 Å². The molecule has 0 fully saturated rings. The van der Waals surface area contributed by atoms with Crippen LogP contribution in [0.15, 0.2) is 42.6 Å². The summed E-state index contributed by atoms with van der Waals surface area (Å²) in [6.45, 7) is 0.657. The molecular formula is C11H12Cl2N2O. The molecule has 2 N–H and O–H groups in total. The predicted octanol–water partition coefficient (Wildman–Crippen LogP) is 2.17. The molecule has 0 aromatic heterocycles. The normalized spacial score (nSPS) is 10.9. The molecule has 5 heteroatoms. The minimum Gasteiger partial charge on any atom is -0.328 e. The fraction of sp³-hybridized carbons (Fsp3) is 0.182. The average molecular weight is 259 g/mol. The van der Waals surface area contributed by atoms with Crippen molar-refractivity contribution >= 4 is 29.0 Å². The number of carbonyl (C=O) groups is 1. The van der Waals surface area contributed by atoms with E-state index < -0.39 is 4.84 Å². The molecule has 1 rings (SSSR count). The quantitative estimate of drug-likeness (QED) is 0.356. The summed E-state index contributed by atoms with van der Waals surface area (Å²) in [6.07, 6.45) is 2.74. The predicted molar refractivity (Wildman–Crippen MR) is 66.1 cm³/mol. The van der Waals surface area contributed by atoms with Crippen molar-refractivity contribution in [2.45, 2.75) is 11.4 Å². The van der Waals surface area contributed by atoms with E-state index in [4.69, 9.17) is 23.2 Å². The van der Waals surface area contributed by atoms with Crippen molar-refractivity contribution in [2.75, 3.05) is 0 Å². The van der Waals surface area contributed by atoms with Crippen LogP contribution in [0.3, 0.4) is 0 Å². The summed E-state index contributed by atoms with van der Waals surface area (Å²) in [7, 11) is 0. The second kappa shape index (κ2) is 7.28. The zero-order chi connectivity index (χ0) is 11.8. The van der Waals surface area contributed by atoms with Crippen LogP contribution in [0.5, 0.6) is 0 Å². The van der Waals surface area contributed by atoms with E-state index in [-0.39, 0.29) is 5.78 Å². The molecule has 0 aliphatic carbocycles. The maximum absolute atomic E-state index is 11.0. The van der Waals surface area contributed by atoms with Crippen molar-refractivity contribution in [3.8, 4) is 0 Å². The summed E-state index contributed by atoms with van der Waals surface area (Å²) >= 11 is 10.7. The van der Waals surface area contributed by atoms with Crippen LogP contribution in [0, 0.1) is 0 Å². The Balaban J connectivity index is 2.20. The molecule has 0 saturated carbocycles. The molecule has 0 unspecified atom stereocenters. The Morgan fingerprint density at radius 1 is 1.31 bits per heavy atom. The summed E-state index contributed by atoms with van der Waals surface area (Å²) in [6, 6.07) is 9.87. The van der Waals surface area contributed by atoms with Gasteiger partial charge in [-0.05, 0) is 5.56 Å². The van der Waals surface area contributed by atoms with Crippen molar-refractivity contribution in [1.29, 1.82) is 0 Å². The van der Waals surface area contributed by atoms with Gasteiger partial charge in [-0.2, -0.15) is 0 Å². The van der Waals surface area contributed by atoms with E-state index in [2.05, 4.69) is 10.9 Å². The molecule has 1 aromatic carbocycles. The maximum Gasteiger partial charge on any atom is 0.189 e. The maximum atomic E-state index is 11.0. The molecule has 0 aliphatic rings. The first-order valence-electron chi connectivity index (χ1n) is 4.71. The number of hydrogen-bond donors (Lipinski definition) is 2. The smallest absolute Gasteiger partial charge is 0.189 e. The molecule has 3 nitrogen and oxygen atoms in total. The van der Waals surface area contributed by atoms with E-state index in [1.54, 1.807) is 0 Å². The number of allylic oxidation sites excluding steroid dienone is 1. The lowest BCUT2D eigenvalue weighted by Gasteiger charge is -2.03. The van der Waals surface area contributed by atoms with Crippen LogP contribution in [-0.4, -0.2) is 10.6 Å². The monoisotopic (exact) mass is 258 g/mol. The molecule has 86 valence electrons. The van der Waals surface area contributed by atoms with Crippen LogP contribution in [0.1, 0.15) is 5.56 Å². The van der Waals surface area contributed by atoms with E-state index in [1.807, 2.05) is 30.3 Å². The Morgan fingerprint density at radius 3 is 2.62 bits per heavy atom. The third-order valence-corrected chi connectivity index (χ3v) is 2.21. The Morgan fingerprint density at radius 2 is 2.00 bits per heavy atom. The summed E-state index contributed by atoms with van der Waals surface area (Å²) in [5, 5.41) is 0. The van der Waals surface area contributed by atoms with E-state index in [9.17, 15) is 4.79 Å². The van der Waals surface area contributed by atoms with Crippen molar-refractivity contribution in [1.82, 2.24) is 10.9 Å². The molecule has 16 heavy (non-hydrogen) atoms. The highest BCUT2D eigenvalue weighted by atomic mass is 35.5. The largest absolute Gasteiger partial charge is 0.328 e. The topological polar surface area (TPSA) is 41.1 Å². The van der Waals surface area contributed by atoms with Crippen LogP contribution < -0.4 is 10.9 Å². The lowest BCUT2D eigenvalue weighted by Crippen LogP contribution is -2.26. The first-order chi connectivity index (χ1) is 7.70. The molecule has 1 aromatic rings. The first-order valence-corrected chi connectivity index (χ1v) is 5.58. The molecule has 0 bridgehead atoms. The van der Waals surface area contributed by atoms with Gasteiger partial charge in [-0.3, -0.25) is 4.79 Å². The summed E-state index contributed by atoms with van der Waals surface area (Å²) < 4.78 is 0. The molecule has 0 amide bonds. The van der Waals surface area contributed by atoms with Crippen LogP contribution in [0.4, 0.5) is 0 Å². The highest BCUT2D eigenvalue weighted by Gasteiger charge is 2.05. The Labute approximate surface area is 104 Å². The van der Waals surface area contributed by atoms with Gasteiger partial charge in [0.05, 0.1) is 0 Å². The second-order valence-electron chi connectivity index (χ2n) is 3.02. The standard InChI is InChI=1S/C11H12Cl2N2O/c12-11(13)10(16)6-7-14-15-8-9-4-2-1-3-5-9/h1-7,11,14-15H,8H2. The van der Waals surface area contributed by atoms with Crippen LogP contribution >= 0.6 is 23.2 Å². The lowest BCUT2D eigenvalue weighted by atomic mass is 10.2. The van der Waals surface area contributed by atoms with Crippen LogP contribution in [0.25, 0.3) is 0 Å². The van der Waals surface area contributed by atoms with E-state index in [0.29, 0.717) is 6.54 Å². The Hall–Kier alpha value is -1.03. The molecule has 0 spiro atoms. The van der Waals surface area contributed by atoms with Gasteiger partial charge in [0.2, 0.25) is 0 Å². The van der Waals surface area contributed by atoms with Gasteiger partial charge in [0, 0.05) is 18.8 Å². The summed E-state index contributed by atoms with van der Waals surface area (Å²) in [4.78, 5) is 9.95. The number of alkyl halides is 2. The molecule has 0 aliphatic heterocycles. The minimum atomic E-state index is -1.01. The van der Waals surface area contributed by atoms with Gasteiger partial charge in [-0.25, -0.2) is 5.43 Å². The fourth-order valence-electron chi connectivity index (χ4n) is 1.00. The summed E-state index contributed by atoms with van der Waals surface area (Å²) in [5.41, 5.74) is 6.81. The summed E-state index contributed by atoms with van der Waals surface area (Å²) in [5.74, 6) is -0.350. The molecule has 0 atom stereocenters. The fourth-order valence-corrected chi connectivity index (χ4v) is 1.15. The van der Waals surface area contributed by atoms with Crippen molar-refractivity contribution in [2.24, 2.45) is 0 Å². The third kappa shape index (κ3) is 5.16. The average Bonchev–Trinajstić information content (AvgIpc) is 2.29.